The van der Waals surface area contributed by atoms with E-state index in [0.29, 0.717) is 11.3 Å². The standard InChI is InChI=1S/C11H15FN2O/c12-10-7-9(8-15)1-2-11(10)14-5-3-13-4-6-14/h1-2,7,13,15H,3-6,8H2. The van der Waals surface area contributed by atoms with Gasteiger partial charge in [0.25, 0.3) is 0 Å². The molecule has 0 saturated carbocycles. The summed E-state index contributed by atoms with van der Waals surface area (Å²) in [4.78, 5) is 2.02. The van der Waals surface area contributed by atoms with Crippen LogP contribution in [0.5, 0.6) is 0 Å². The summed E-state index contributed by atoms with van der Waals surface area (Å²) in [5, 5.41) is 12.1. The highest BCUT2D eigenvalue weighted by molar-refractivity contribution is 5.49. The number of rotatable bonds is 2. The van der Waals surface area contributed by atoms with Crippen LogP contribution >= 0.6 is 0 Å². The number of piperazine rings is 1. The lowest BCUT2D eigenvalue weighted by atomic mass is 10.2. The van der Waals surface area contributed by atoms with Crippen molar-refractivity contribution in [1.82, 2.24) is 5.32 Å². The van der Waals surface area contributed by atoms with Crippen molar-refractivity contribution in [1.29, 1.82) is 0 Å². The van der Waals surface area contributed by atoms with Crippen LogP contribution in [0.3, 0.4) is 0 Å². The SMILES string of the molecule is OCc1ccc(N2CCNCC2)c(F)c1. The fourth-order valence-electron chi connectivity index (χ4n) is 1.81. The molecule has 1 aromatic rings. The zero-order chi connectivity index (χ0) is 10.7. The molecule has 0 aliphatic carbocycles. The van der Waals surface area contributed by atoms with E-state index in [2.05, 4.69) is 5.32 Å². The summed E-state index contributed by atoms with van der Waals surface area (Å²) >= 11 is 0. The predicted octanol–water partition coefficient (Wildman–Crippen LogP) is 0.728. The van der Waals surface area contributed by atoms with Crippen molar-refractivity contribution in [3.8, 4) is 0 Å². The molecule has 1 aliphatic heterocycles. The maximum absolute atomic E-state index is 13.6. The number of hydrogen-bond acceptors (Lipinski definition) is 3. The second kappa shape index (κ2) is 4.59. The molecule has 3 nitrogen and oxygen atoms in total. The highest BCUT2D eigenvalue weighted by atomic mass is 19.1. The monoisotopic (exact) mass is 210 g/mol. The van der Waals surface area contributed by atoms with Gasteiger partial charge in [-0.15, -0.1) is 0 Å². The summed E-state index contributed by atoms with van der Waals surface area (Å²) in [5.74, 6) is -0.247. The lowest BCUT2D eigenvalue weighted by Gasteiger charge is -2.29. The van der Waals surface area contributed by atoms with Gasteiger partial charge in [-0.05, 0) is 17.7 Å². The number of benzene rings is 1. The first-order chi connectivity index (χ1) is 7.31. The third kappa shape index (κ3) is 2.27. The summed E-state index contributed by atoms with van der Waals surface area (Å²) < 4.78 is 13.6. The molecule has 0 amide bonds. The van der Waals surface area contributed by atoms with Crippen molar-refractivity contribution < 1.29 is 9.50 Å². The van der Waals surface area contributed by atoms with E-state index in [1.165, 1.54) is 6.07 Å². The Morgan fingerprint density at radius 2 is 2.07 bits per heavy atom. The van der Waals surface area contributed by atoms with Gasteiger partial charge in [0.1, 0.15) is 5.82 Å². The van der Waals surface area contributed by atoms with Gasteiger partial charge in [0.15, 0.2) is 0 Å². The predicted molar refractivity (Wildman–Crippen MR) is 57.4 cm³/mol. The molecule has 82 valence electrons. The van der Waals surface area contributed by atoms with Crippen LogP contribution in [0.4, 0.5) is 10.1 Å². The fourth-order valence-corrected chi connectivity index (χ4v) is 1.81. The van der Waals surface area contributed by atoms with Gasteiger partial charge >= 0.3 is 0 Å². The lowest BCUT2D eigenvalue weighted by Crippen LogP contribution is -2.43. The first-order valence-corrected chi connectivity index (χ1v) is 5.16. The maximum atomic E-state index is 13.6. The smallest absolute Gasteiger partial charge is 0.146 e. The average Bonchev–Trinajstić information content (AvgIpc) is 2.30. The molecule has 0 spiro atoms. The summed E-state index contributed by atoms with van der Waals surface area (Å²) in [6.07, 6.45) is 0. The fraction of sp³-hybridized carbons (Fsp3) is 0.455. The van der Waals surface area contributed by atoms with Gasteiger partial charge in [0.05, 0.1) is 12.3 Å². The van der Waals surface area contributed by atoms with Crippen molar-refractivity contribution in [2.75, 3.05) is 31.1 Å². The van der Waals surface area contributed by atoms with E-state index in [4.69, 9.17) is 5.11 Å². The second-order valence-electron chi connectivity index (χ2n) is 3.68. The largest absolute Gasteiger partial charge is 0.392 e. The molecular weight excluding hydrogens is 195 g/mol. The van der Waals surface area contributed by atoms with E-state index in [0.717, 1.165) is 26.2 Å². The summed E-state index contributed by atoms with van der Waals surface area (Å²) in [6.45, 7) is 3.33. The van der Waals surface area contributed by atoms with Crippen LogP contribution in [0.1, 0.15) is 5.56 Å². The first kappa shape index (κ1) is 10.4. The van der Waals surface area contributed by atoms with Crippen LogP contribution in [0.25, 0.3) is 0 Å². The van der Waals surface area contributed by atoms with Crippen LogP contribution in [0.2, 0.25) is 0 Å². The van der Waals surface area contributed by atoms with Crippen LogP contribution < -0.4 is 10.2 Å². The molecule has 0 aromatic heterocycles. The van der Waals surface area contributed by atoms with Gasteiger partial charge in [-0.3, -0.25) is 0 Å². The topological polar surface area (TPSA) is 35.5 Å². The molecule has 0 atom stereocenters. The second-order valence-corrected chi connectivity index (χ2v) is 3.68. The average molecular weight is 210 g/mol. The molecule has 1 aliphatic rings. The molecular formula is C11H15FN2O. The molecule has 0 bridgehead atoms. The number of hydrogen-bond donors (Lipinski definition) is 2. The van der Waals surface area contributed by atoms with Crippen LogP contribution in [-0.2, 0) is 6.61 Å². The minimum atomic E-state index is -0.247. The Bertz CT molecular complexity index is 337. The van der Waals surface area contributed by atoms with Crippen molar-refractivity contribution in [3.05, 3.63) is 29.6 Å². The Balaban J connectivity index is 2.19. The number of aliphatic hydroxyl groups is 1. The Hall–Kier alpha value is -1.13. The van der Waals surface area contributed by atoms with Gasteiger partial charge in [-0.25, -0.2) is 4.39 Å². The zero-order valence-electron chi connectivity index (χ0n) is 8.54. The molecule has 0 unspecified atom stereocenters. The Morgan fingerprint density at radius 1 is 1.33 bits per heavy atom. The van der Waals surface area contributed by atoms with Gasteiger partial charge in [-0.1, -0.05) is 6.07 Å². The van der Waals surface area contributed by atoms with Gasteiger partial charge in [0, 0.05) is 26.2 Å². The Morgan fingerprint density at radius 3 is 2.67 bits per heavy atom. The van der Waals surface area contributed by atoms with Crippen molar-refractivity contribution >= 4 is 5.69 Å². The number of nitrogens with one attached hydrogen (secondary N) is 1. The van der Waals surface area contributed by atoms with E-state index in [1.54, 1.807) is 12.1 Å². The number of anilines is 1. The minimum Gasteiger partial charge on any atom is -0.392 e. The first-order valence-electron chi connectivity index (χ1n) is 5.16. The molecule has 1 heterocycles. The van der Waals surface area contributed by atoms with Crippen molar-refractivity contribution in [2.24, 2.45) is 0 Å². The molecule has 1 fully saturated rings. The molecule has 1 saturated heterocycles. The molecule has 0 radical (unpaired) electrons. The van der Waals surface area contributed by atoms with E-state index in [1.807, 2.05) is 4.90 Å². The third-order valence-electron chi connectivity index (χ3n) is 2.65. The van der Waals surface area contributed by atoms with Crippen LogP contribution in [0, 0.1) is 5.82 Å². The maximum Gasteiger partial charge on any atom is 0.146 e. The summed E-state index contributed by atoms with van der Waals surface area (Å²) in [6, 6.07) is 4.91. The summed E-state index contributed by atoms with van der Waals surface area (Å²) in [7, 11) is 0. The normalized spacial score (nSPS) is 16.8. The summed E-state index contributed by atoms with van der Waals surface area (Å²) in [5.41, 5.74) is 1.25. The van der Waals surface area contributed by atoms with Gasteiger partial charge in [0.2, 0.25) is 0 Å². The molecule has 2 rings (SSSR count). The molecule has 2 N–H and O–H groups in total. The lowest BCUT2D eigenvalue weighted by molar-refractivity contribution is 0.281. The van der Waals surface area contributed by atoms with Crippen LogP contribution in [0.15, 0.2) is 18.2 Å². The number of nitrogens with zero attached hydrogens (tertiary/aromatic N) is 1. The highest BCUT2D eigenvalue weighted by Gasteiger charge is 2.14. The molecule has 1 aromatic carbocycles. The molecule has 4 heteroatoms. The Labute approximate surface area is 88.5 Å². The van der Waals surface area contributed by atoms with E-state index in [9.17, 15) is 4.39 Å². The van der Waals surface area contributed by atoms with Crippen molar-refractivity contribution in [2.45, 2.75) is 6.61 Å². The van der Waals surface area contributed by atoms with Gasteiger partial charge < -0.3 is 15.3 Å². The van der Waals surface area contributed by atoms with Gasteiger partial charge in [-0.2, -0.15) is 0 Å². The van der Waals surface area contributed by atoms with Crippen LogP contribution in [-0.4, -0.2) is 31.3 Å². The van der Waals surface area contributed by atoms with Crippen molar-refractivity contribution in [3.63, 3.8) is 0 Å². The van der Waals surface area contributed by atoms with E-state index >= 15 is 0 Å². The van der Waals surface area contributed by atoms with E-state index < -0.39 is 0 Å². The zero-order valence-corrected chi connectivity index (χ0v) is 8.54. The quantitative estimate of drug-likeness (QED) is 0.755. The molecule has 15 heavy (non-hydrogen) atoms. The number of halogens is 1. The third-order valence-corrected chi connectivity index (χ3v) is 2.65. The number of aliphatic hydroxyl groups excluding tert-OH is 1. The highest BCUT2D eigenvalue weighted by Crippen LogP contribution is 2.20. The minimum absolute atomic E-state index is 0.112. The Kier molecular flexibility index (Phi) is 3.18. The van der Waals surface area contributed by atoms with E-state index in [-0.39, 0.29) is 12.4 Å².